The summed E-state index contributed by atoms with van der Waals surface area (Å²) in [5, 5.41) is 12.2. The Labute approximate surface area is 114 Å². The number of rotatable bonds is 2. The third-order valence-electron chi connectivity index (χ3n) is 4.84. The third-order valence-corrected chi connectivity index (χ3v) is 4.84. The van der Waals surface area contributed by atoms with Crippen molar-refractivity contribution in [3.05, 3.63) is 36.0 Å². The molecule has 0 radical (unpaired) electrons. The van der Waals surface area contributed by atoms with Gasteiger partial charge in [0.1, 0.15) is 0 Å². The van der Waals surface area contributed by atoms with Crippen LogP contribution < -0.4 is 0 Å². The van der Waals surface area contributed by atoms with Gasteiger partial charge in [-0.15, -0.1) is 0 Å². The molecule has 1 saturated carbocycles. The lowest BCUT2D eigenvalue weighted by molar-refractivity contribution is 0.0197. The minimum Gasteiger partial charge on any atom is -0.385 e. The van der Waals surface area contributed by atoms with Crippen LogP contribution in [0.3, 0.4) is 0 Å². The van der Waals surface area contributed by atoms with Crippen molar-refractivity contribution in [2.45, 2.75) is 51.0 Å². The van der Waals surface area contributed by atoms with E-state index in [1.165, 1.54) is 18.2 Å². The number of benzene rings is 1. The maximum Gasteiger partial charge on any atom is 0.0896 e. The van der Waals surface area contributed by atoms with Gasteiger partial charge in [0.25, 0.3) is 0 Å². The van der Waals surface area contributed by atoms with Crippen LogP contribution in [0.2, 0.25) is 0 Å². The molecule has 0 aliphatic heterocycles. The third kappa shape index (κ3) is 2.42. The molecule has 1 aliphatic carbocycles. The number of aromatic nitrogens is 1. The molecule has 2 unspecified atom stereocenters. The summed E-state index contributed by atoms with van der Waals surface area (Å²) in [7, 11) is 0. The second-order valence-corrected chi connectivity index (χ2v) is 6.02. The lowest BCUT2D eigenvalue weighted by Crippen LogP contribution is -2.24. The predicted octanol–water partition coefficient (Wildman–Crippen LogP) is 4.35. The smallest absolute Gasteiger partial charge is 0.0896 e. The largest absolute Gasteiger partial charge is 0.385 e. The second-order valence-electron chi connectivity index (χ2n) is 6.02. The van der Waals surface area contributed by atoms with E-state index in [0.29, 0.717) is 0 Å². The minimum atomic E-state index is -0.616. The topological polar surface area (TPSA) is 36.0 Å². The van der Waals surface area contributed by atoms with Gasteiger partial charge in [0.05, 0.1) is 5.60 Å². The molecule has 1 aromatic heterocycles. The lowest BCUT2D eigenvalue weighted by atomic mass is 9.85. The molecule has 0 bridgehead atoms. The zero-order valence-electron chi connectivity index (χ0n) is 11.7. The summed E-state index contributed by atoms with van der Waals surface area (Å²) in [5.74, 6) is 0.796. The number of aromatic amines is 1. The zero-order chi connectivity index (χ0) is 13.3. The summed E-state index contributed by atoms with van der Waals surface area (Å²) in [4.78, 5) is 3.21. The monoisotopic (exact) mass is 257 g/mol. The van der Waals surface area contributed by atoms with E-state index < -0.39 is 5.60 Å². The van der Waals surface area contributed by atoms with Crippen LogP contribution in [0, 0.1) is 5.92 Å². The van der Waals surface area contributed by atoms with Gasteiger partial charge < -0.3 is 10.1 Å². The molecule has 2 atom stereocenters. The fraction of sp³-hybridized carbons (Fsp3) is 0.529. The number of H-pyrrole nitrogens is 1. The average Bonchev–Trinajstić information content (AvgIpc) is 2.81. The molecule has 3 rings (SSSR count). The Morgan fingerprint density at radius 3 is 3.00 bits per heavy atom. The Kier molecular flexibility index (Phi) is 3.36. The summed E-state index contributed by atoms with van der Waals surface area (Å²) >= 11 is 0. The van der Waals surface area contributed by atoms with Gasteiger partial charge in [-0.05, 0) is 60.7 Å². The number of hydrogen-bond donors (Lipinski definition) is 2. The Hall–Kier alpha value is -1.28. The molecule has 0 saturated heterocycles. The minimum absolute atomic E-state index is 0.616. The highest BCUT2D eigenvalue weighted by Crippen LogP contribution is 2.39. The Morgan fingerprint density at radius 1 is 1.26 bits per heavy atom. The molecule has 2 nitrogen and oxygen atoms in total. The van der Waals surface area contributed by atoms with Crippen molar-refractivity contribution in [3.8, 4) is 0 Å². The normalized spacial score (nSPS) is 28.4. The fourth-order valence-electron chi connectivity index (χ4n) is 3.44. The van der Waals surface area contributed by atoms with Crippen molar-refractivity contribution < 1.29 is 5.11 Å². The van der Waals surface area contributed by atoms with E-state index in [-0.39, 0.29) is 0 Å². The number of fused-ring (bicyclic) bond motifs is 1. The average molecular weight is 257 g/mol. The van der Waals surface area contributed by atoms with Gasteiger partial charge in [-0.25, -0.2) is 0 Å². The molecule has 19 heavy (non-hydrogen) atoms. The van der Waals surface area contributed by atoms with E-state index in [9.17, 15) is 5.11 Å². The van der Waals surface area contributed by atoms with Crippen LogP contribution in [0.15, 0.2) is 30.5 Å². The molecule has 2 N–H and O–H groups in total. The molecule has 2 heteroatoms. The molecule has 0 amide bonds. The van der Waals surface area contributed by atoms with E-state index in [1.807, 2.05) is 6.20 Å². The summed E-state index contributed by atoms with van der Waals surface area (Å²) in [6, 6.07) is 8.40. The van der Waals surface area contributed by atoms with Crippen LogP contribution in [0.5, 0.6) is 0 Å². The highest BCUT2D eigenvalue weighted by Gasteiger charge is 2.32. The number of aliphatic hydroxyl groups is 1. The van der Waals surface area contributed by atoms with Gasteiger partial charge in [-0.3, -0.25) is 0 Å². The zero-order valence-corrected chi connectivity index (χ0v) is 11.7. The molecule has 1 heterocycles. The van der Waals surface area contributed by atoms with Crippen LogP contribution in [0.4, 0.5) is 0 Å². The van der Waals surface area contributed by atoms with Crippen LogP contribution in [-0.2, 0) is 5.60 Å². The highest BCUT2D eigenvalue weighted by atomic mass is 16.3. The summed E-state index contributed by atoms with van der Waals surface area (Å²) < 4.78 is 0. The van der Waals surface area contributed by atoms with Crippen LogP contribution >= 0.6 is 0 Å². The maximum atomic E-state index is 11.0. The first kappa shape index (κ1) is 12.7. The molecule has 1 aromatic carbocycles. The first-order valence-electron chi connectivity index (χ1n) is 7.51. The van der Waals surface area contributed by atoms with Crippen molar-refractivity contribution in [3.63, 3.8) is 0 Å². The molecule has 2 aromatic rings. The number of hydrogen-bond acceptors (Lipinski definition) is 1. The maximum absolute atomic E-state index is 11.0. The Bertz CT molecular complexity index is 559. The standard InChI is InChI=1S/C17H23NO/c1-2-13-4-3-9-17(19,10-7-13)15-5-6-16-14(12-15)8-11-18-16/h5-6,8,11-13,18-19H,2-4,7,9-10H2,1H3. The summed E-state index contributed by atoms with van der Waals surface area (Å²) in [6.07, 6.45) is 8.57. The Balaban J connectivity index is 1.90. The molecular weight excluding hydrogens is 234 g/mol. The predicted molar refractivity (Wildman–Crippen MR) is 79.1 cm³/mol. The Morgan fingerprint density at radius 2 is 2.16 bits per heavy atom. The molecule has 1 fully saturated rings. The second kappa shape index (κ2) is 5.01. The van der Waals surface area contributed by atoms with Gasteiger partial charge in [0, 0.05) is 11.7 Å². The molecule has 0 spiro atoms. The summed E-state index contributed by atoms with van der Waals surface area (Å²) in [6.45, 7) is 2.26. The SMILES string of the molecule is CCC1CCCC(O)(c2ccc3[nH]ccc3c2)CC1. The summed E-state index contributed by atoms with van der Waals surface area (Å²) in [5.41, 5.74) is 1.62. The van der Waals surface area contributed by atoms with E-state index >= 15 is 0 Å². The van der Waals surface area contributed by atoms with Crippen LogP contribution in [0.1, 0.15) is 51.0 Å². The van der Waals surface area contributed by atoms with Crippen molar-refractivity contribution in [2.75, 3.05) is 0 Å². The van der Waals surface area contributed by atoms with Gasteiger partial charge in [-0.1, -0.05) is 25.8 Å². The lowest BCUT2D eigenvalue weighted by Gasteiger charge is -2.27. The molecule has 1 aliphatic rings. The van der Waals surface area contributed by atoms with Gasteiger partial charge >= 0.3 is 0 Å². The van der Waals surface area contributed by atoms with Crippen molar-refractivity contribution in [2.24, 2.45) is 5.92 Å². The first-order chi connectivity index (χ1) is 9.21. The van der Waals surface area contributed by atoms with Crippen molar-refractivity contribution >= 4 is 10.9 Å². The van der Waals surface area contributed by atoms with Crippen molar-refractivity contribution in [1.29, 1.82) is 0 Å². The van der Waals surface area contributed by atoms with E-state index in [2.05, 4.69) is 36.2 Å². The quantitative estimate of drug-likeness (QED) is 0.771. The van der Waals surface area contributed by atoms with Crippen LogP contribution in [-0.4, -0.2) is 10.1 Å². The van der Waals surface area contributed by atoms with E-state index in [0.717, 1.165) is 42.7 Å². The van der Waals surface area contributed by atoms with Crippen molar-refractivity contribution in [1.82, 2.24) is 4.98 Å². The van der Waals surface area contributed by atoms with Gasteiger partial charge in [-0.2, -0.15) is 0 Å². The van der Waals surface area contributed by atoms with Crippen LogP contribution in [0.25, 0.3) is 10.9 Å². The van der Waals surface area contributed by atoms with Gasteiger partial charge in [0.15, 0.2) is 0 Å². The van der Waals surface area contributed by atoms with E-state index in [4.69, 9.17) is 0 Å². The molecule has 102 valence electrons. The fourth-order valence-corrected chi connectivity index (χ4v) is 3.44. The van der Waals surface area contributed by atoms with Gasteiger partial charge in [0.2, 0.25) is 0 Å². The first-order valence-corrected chi connectivity index (χ1v) is 7.51. The highest BCUT2D eigenvalue weighted by molar-refractivity contribution is 5.80. The van der Waals surface area contributed by atoms with E-state index in [1.54, 1.807) is 0 Å². The molecular formula is C17H23NO. The number of nitrogens with one attached hydrogen (secondary N) is 1.